The SMILES string of the molecule is COc1cccc(C(NC(=O)COc2c(C)cccc2C)c2nccn2C)c1. The summed E-state index contributed by atoms with van der Waals surface area (Å²) in [5, 5.41) is 3.03. The molecular weight excluding hydrogens is 354 g/mol. The molecule has 3 aromatic rings. The number of rotatable bonds is 7. The number of nitrogens with one attached hydrogen (secondary N) is 1. The highest BCUT2D eigenvalue weighted by Crippen LogP contribution is 2.25. The molecule has 28 heavy (non-hydrogen) atoms. The molecule has 1 atom stereocenters. The second-order valence-electron chi connectivity index (χ2n) is 6.68. The number of ether oxygens (including phenoxy) is 2. The largest absolute Gasteiger partial charge is 0.497 e. The van der Waals surface area contributed by atoms with Crippen LogP contribution in [0.1, 0.15) is 28.6 Å². The summed E-state index contributed by atoms with van der Waals surface area (Å²) in [7, 11) is 3.51. The van der Waals surface area contributed by atoms with Crippen LogP contribution in [-0.2, 0) is 11.8 Å². The van der Waals surface area contributed by atoms with E-state index in [4.69, 9.17) is 9.47 Å². The van der Waals surface area contributed by atoms with E-state index in [-0.39, 0.29) is 12.5 Å². The van der Waals surface area contributed by atoms with Crippen LogP contribution in [0, 0.1) is 13.8 Å². The number of amides is 1. The van der Waals surface area contributed by atoms with Crippen LogP contribution >= 0.6 is 0 Å². The molecule has 6 nitrogen and oxygen atoms in total. The molecule has 6 heteroatoms. The lowest BCUT2D eigenvalue weighted by molar-refractivity contribution is -0.123. The predicted octanol–water partition coefficient (Wildman–Crippen LogP) is 3.33. The average molecular weight is 379 g/mol. The minimum Gasteiger partial charge on any atom is -0.497 e. The molecule has 0 fully saturated rings. The third-order valence-corrected chi connectivity index (χ3v) is 4.61. The Balaban J connectivity index is 1.79. The van der Waals surface area contributed by atoms with Gasteiger partial charge in [-0.05, 0) is 42.7 Å². The number of hydrogen-bond acceptors (Lipinski definition) is 4. The summed E-state index contributed by atoms with van der Waals surface area (Å²) in [5.74, 6) is 1.97. The number of carbonyl (C=O) groups is 1. The number of para-hydroxylation sites is 1. The van der Waals surface area contributed by atoms with Crippen molar-refractivity contribution in [3.63, 3.8) is 0 Å². The monoisotopic (exact) mass is 379 g/mol. The van der Waals surface area contributed by atoms with Gasteiger partial charge in [0.15, 0.2) is 6.61 Å². The maximum absolute atomic E-state index is 12.7. The molecule has 0 aliphatic rings. The van der Waals surface area contributed by atoms with Crippen molar-refractivity contribution >= 4 is 5.91 Å². The van der Waals surface area contributed by atoms with E-state index in [0.29, 0.717) is 0 Å². The van der Waals surface area contributed by atoms with Crippen LogP contribution in [0.25, 0.3) is 0 Å². The lowest BCUT2D eigenvalue weighted by atomic mass is 10.1. The van der Waals surface area contributed by atoms with E-state index in [0.717, 1.165) is 34.0 Å². The zero-order chi connectivity index (χ0) is 20.1. The fraction of sp³-hybridized carbons (Fsp3) is 0.273. The van der Waals surface area contributed by atoms with Crippen molar-refractivity contribution in [2.75, 3.05) is 13.7 Å². The number of carbonyl (C=O) groups excluding carboxylic acids is 1. The van der Waals surface area contributed by atoms with E-state index in [1.165, 1.54) is 0 Å². The van der Waals surface area contributed by atoms with Crippen molar-refractivity contribution in [1.29, 1.82) is 0 Å². The van der Waals surface area contributed by atoms with Gasteiger partial charge in [-0.1, -0.05) is 30.3 Å². The number of methoxy groups -OCH3 is 1. The van der Waals surface area contributed by atoms with Gasteiger partial charge in [0.2, 0.25) is 0 Å². The second-order valence-corrected chi connectivity index (χ2v) is 6.68. The van der Waals surface area contributed by atoms with Crippen LogP contribution in [-0.4, -0.2) is 29.2 Å². The summed E-state index contributed by atoms with van der Waals surface area (Å²) in [5.41, 5.74) is 2.89. The quantitative estimate of drug-likeness (QED) is 0.684. The first kappa shape index (κ1) is 19.5. The summed E-state index contributed by atoms with van der Waals surface area (Å²) in [6.45, 7) is 3.86. The van der Waals surface area contributed by atoms with E-state index in [1.54, 1.807) is 13.3 Å². The Bertz CT molecular complexity index is 945. The first-order valence-corrected chi connectivity index (χ1v) is 9.09. The normalized spacial score (nSPS) is 11.7. The number of imidazole rings is 1. The van der Waals surface area contributed by atoms with E-state index in [9.17, 15) is 4.79 Å². The van der Waals surface area contributed by atoms with Crippen LogP contribution < -0.4 is 14.8 Å². The number of benzene rings is 2. The van der Waals surface area contributed by atoms with Crippen molar-refractivity contribution in [3.8, 4) is 11.5 Å². The molecule has 0 aliphatic heterocycles. The Morgan fingerprint density at radius 3 is 2.54 bits per heavy atom. The van der Waals surface area contributed by atoms with Gasteiger partial charge < -0.3 is 19.4 Å². The van der Waals surface area contributed by atoms with Crippen LogP contribution in [0.3, 0.4) is 0 Å². The van der Waals surface area contributed by atoms with E-state index < -0.39 is 6.04 Å². The molecule has 0 aliphatic carbocycles. The third kappa shape index (κ3) is 4.34. The van der Waals surface area contributed by atoms with E-state index in [1.807, 2.05) is 74.1 Å². The van der Waals surface area contributed by atoms with Gasteiger partial charge in [0.1, 0.15) is 23.4 Å². The Labute approximate surface area is 165 Å². The zero-order valence-electron chi connectivity index (χ0n) is 16.6. The lowest BCUT2D eigenvalue weighted by Gasteiger charge is -2.20. The van der Waals surface area contributed by atoms with Gasteiger partial charge in [0, 0.05) is 19.4 Å². The van der Waals surface area contributed by atoms with Gasteiger partial charge in [-0.2, -0.15) is 0 Å². The van der Waals surface area contributed by atoms with Crippen molar-refractivity contribution in [1.82, 2.24) is 14.9 Å². The van der Waals surface area contributed by atoms with Crippen molar-refractivity contribution in [2.24, 2.45) is 7.05 Å². The Hall–Kier alpha value is -3.28. The van der Waals surface area contributed by atoms with Crippen molar-refractivity contribution < 1.29 is 14.3 Å². The average Bonchev–Trinajstić information content (AvgIpc) is 3.11. The van der Waals surface area contributed by atoms with Gasteiger partial charge >= 0.3 is 0 Å². The molecule has 1 amide bonds. The Morgan fingerprint density at radius 1 is 1.18 bits per heavy atom. The van der Waals surface area contributed by atoms with Gasteiger partial charge in [0.25, 0.3) is 5.91 Å². The molecule has 1 aromatic heterocycles. The summed E-state index contributed by atoms with van der Waals surface area (Å²) in [6.07, 6.45) is 3.56. The number of aryl methyl sites for hydroxylation is 3. The molecule has 0 bridgehead atoms. The summed E-state index contributed by atoms with van der Waals surface area (Å²) in [4.78, 5) is 17.1. The van der Waals surface area contributed by atoms with Crippen LogP contribution in [0.5, 0.6) is 11.5 Å². The highest BCUT2D eigenvalue weighted by atomic mass is 16.5. The molecule has 0 saturated heterocycles. The summed E-state index contributed by atoms with van der Waals surface area (Å²) < 4.78 is 13.0. The topological polar surface area (TPSA) is 65.4 Å². The van der Waals surface area contributed by atoms with Gasteiger partial charge in [-0.25, -0.2) is 4.98 Å². The first-order valence-electron chi connectivity index (χ1n) is 9.09. The molecule has 1 unspecified atom stereocenters. The molecule has 1 heterocycles. The predicted molar refractivity (Wildman–Crippen MR) is 108 cm³/mol. The van der Waals surface area contributed by atoms with E-state index in [2.05, 4.69) is 10.3 Å². The fourth-order valence-electron chi connectivity index (χ4n) is 3.14. The Morgan fingerprint density at radius 2 is 1.89 bits per heavy atom. The lowest BCUT2D eigenvalue weighted by Crippen LogP contribution is -2.34. The third-order valence-electron chi connectivity index (χ3n) is 4.61. The standard InChI is InChI=1S/C22H25N3O3/c1-15-7-5-8-16(2)21(15)28-14-19(26)24-20(22-23-11-12-25(22)3)17-9-6-10-18(13-17)27-4/h5-13,20H,14H2,1-4H3,(H,24,26). The van der Waals surface area contributed by atoms with Gasteiger partial charge in [-0.3, -0.25) is 4.79 Å². The molecule has 146 valence electrons. The van der Waals surface area contributed by atoms with Crippen LogP contribution in [0.15, 0.2) is 54.9 Å². The summed E-state index contributed by atoms with van der Waals surface area (Å²) >= 11 is 0. The van der Waals surface area contributed by atoms with E-state index >= 15 is 0 Å². The molecule has 3 rings (SSSR count). The maximum atomic E-state index is 12.7. The maximum Gasteiger partial charge on any atom is 0.258 e. The summed E-state index contributed by atoms with van der Waals surface area (Å²) in [6, 6.07) is 13.1. The highest BCUT2D eigenvalue weighted by molar-refractivity contribution is 5.78. The Kier molecular flexibility index (Phi) is 5.99. The highest BCUT2D eigenvalue weighted by Gasteiger charge is 2.21. The molecule has 0 spiro atoms. The second kappa shape index (κ2) is 8.61. The number of hydrogen-bond donors (Lipinski definition) is 1. The minimum absolute atomic E-state index is 0.0728. The number of aromatic nitrogens is 2. The molecule has 2 aromatic carbocycles. The van der Waals surface area contributed by atoms with Gasteiger partial charge in [-0.15, -0.1) is 0 Å². The smallest absolute Gasteiger partial charge is 0.258 e. The minimum atomic E-state index is -0.413. The van der Waals surface area contributed by atoms with Crippen LogP contribution in [0.4, 0.5) is 0 Å². The molecule has 0 saturated carbocycles. The fourth-order valence-corrected chi connectivity index (χ4v) is 3.14. The molecule has 1 N–H and O–H groups in total. The van der Waals surface area contributed by atoms with Crippen molar-refractivity contribution in [2.45, 2.75) is 19.9 Å². The van der Waals surface area contributed by atoms with Crippen LogP contribution in [0.2, 0.25) is 0 Å². The zero-order valence-corrected chi connectivity index (χ0v) is 16.6. The molecular formula is C22H25N3O3. The van der Waals surface area contributed by atoms with Gasteiger partial charge in [0.05, 0.1) is 7.11 Å². The molecule has 0 radical (unpaired) electrons. The van der Waals surface area contributed by atoms with Crippen molar-refractivity contribution in [3.05, 3.63) is 77.4 Å². The number of nitrogens with zero attached hydrogens (tertiary/aromatic N) is 2. The first-order chi connectivity index (χ1) is 13.5.